The fourth-order valence-corrected chi connectivity index (χ4v) is 2.28. The zero-order chi connectivity index (χ0) is 12.8. The third kappa shape index (κ3) is 3.65. The van der Waals surface area contributed by atoms with Gasteiger partial charge in [0.25, 0.3) is 0 Å². The third-order valence-corrected chi connectivity index (χ3v) is 3.23. The van der Waals surface area contributed by atoms with Crippen LogP contribution in [0.1, 0.15) is 21.7 Å². The molecule has 5 heteroatoms. The van der Waals surface area contributed by atoms with E-state index in [2.05, 4.69) is 27.1 Å². The first-order valence-electron chi connectivity index (χ1n) is 5.67. The van der Waals surface area contributed by atoms with Crippen molar-refractivity contribution in [3.8, 4) is 0 Å². The average molecular weight is 262 g/mol. The molecule has 4 nitrogen and oxygen atoms in total. The average Bonchev–Trinajstić information content (AvgIpc) is 2.88. The zero-order valence-corrected chi connectivity index (χ0v) is 10.6. The summed E-state index contributed by atoms with van der Waals surface area (Å²) in [6.45, 7) is 1.45. The van der Waals surface area contributed by atoms with Gasteiger partial charge in [-0.1, -0.05) is 6.07 Å². The van der Waals surface area contributed by atoms with Gasteiger partial charge >= 0.3 is 5.97 Å². The largest absolute Gasteiger partial charge is 0.477 e. The molecular formula is C13H14N2O2S. The Bertz CT molecular complexity index is 511. The molecule has 2 aromatic heterocycles. The first-order chi connectivity index (χ1) is 8.75. The van der Waals surface area contributed by atoms with Gasteiger partial charge in [-0.2, -0.15) is 11.3 Å². The fraction of sp³-hybridized carbons (Fsp3) is 0.231. The van der Waals surface area contributed by atoms with Gasteiger partial charge in [-0.25, -0.2) is 9.78 Å². The van der Waals surface area contributed by atoms with E-state index in [4.69, 9.17) is 5.11 Å². The van der Waals surface area contributed by atoms with Gasteiger partial charge in [-0.05, 0) is 47.5 Å². The summed E-state index contributed by atoms with van der Waals surface area (Å²) >= 11 is 1.69. The molecule has 0 saturated heterocycles. The Kier molecular flexibility index (Phi) is 4.44. The van der Waals surface area contributed by atoms with Gasteiger partial charge < -0.3 is 10.4 Å². The Morgan fingerprint density at radius 3 is 3.00 bits per heavy atom. The molecule has 0 saturated carbocycles. The lowest BCUT2D eigenvalue weighted by atomic mass is 10.2. The minimum atomic E-state index is -0.991. The molecule has 0 aliphatic carbocycles. The highest BCUT2D eigenvalue weighted by atomic mass is 32.1. The topological polar surface area (TPSA) is 62.2 Å². The van der Waals surface area contributed by atoms with Crippen molar-refractivity contribution in [2.24, 2.45) is 0 Å². The predicted octanol–water partition coefficient (Wildman–Crippen LogP) is 2.17. The number of rotatable bonds is 6. The summed E-state index contributed by atoms with van der Waals surface area (Å²) in [6, 6.07) is 7.14. The lowest BCUT2D eigenvalue weighted by Gasteiger charge is -2.04. The number of pyridine rings is 1. The van der Waals surface area contributed by atoms with Crippen molar-refractivity contribution >= 4 is 17.3 Å². The second-order valence-corrected chi connectivity index (χ2v) is 4.66. The van der Waals surface area contributed by atoms with E-state index in [0.717, 1.165) is 18.7 Å². The number of carbonyl (C=O) groups is 1. The number of thiophene rings is 1. The smallest absolute Gasteiger partial charge is 0.354 e. The van der Waals surface area contributed by atoms with Crippen LogP contribution in [-0.4, -0.2) is 22.6 Å². The molecule has 0 amide bonds. The first-order valence-corrected chi connectivity index (χ1v) is 6.61. The molecule has 2 heterocycles. The van der Waals surface area contributed by atoms with Gasteiger partial charge in [-0.3, -0.25) is 0 Å². The Hall–Kier alpha value is -1.72. The van der Waals surface area contributed by atoms with Gasteiger partial charge in [0.2, 0.25) is 0 Å². The van der Waals surface area contributed by atoms with Gasteiger partial charge in [0, 0.05) is 6.54 Å². The van der Waals surface area contributed by atoms with Gasteiger partial charge in [0.15, 0.2) is 0 Å². The van der Waals surface area contributed by atoms with E-state index < -0.39 is 5.97 Å². The molecule has 0 aliphatic heterocycles. The molecule has 0 bridgehead atoms. The molecule has 0 fully saturated rings. The highest BCUT2D eigenvalue weighted by molar-refractivity contribution is 7.07. The maximum atomic E-state index is 10.8. The summed E-state index contributed by atoms with van der Waals surface area (Å²) in [7, 11) is 0. The van der Waals surface area contributed by atoms with Crippen LogP contribution in [0.3, 0.4) is 0 Å². The van der Waals surface area contributed by atoms with Crippen LogP contribution < -0.4 is 5.32 Å². The van der Waals surface area contributed by atoms with E-state index in [1.165, 1.54) is 11.6 Å². The summed E-state index contributed by atoms with van der Waals surface area (Å²) in [4.78, 5) is 14.8. The number of hydrogen-bond donors (Lipinski definition) is 2. The van der Waals surface area contributed by atoms with Crippen LogP contribution in [0, 0.1) is 0 Å². The monoisotopic (exact) mass is 262 g/mol. The number of carboxylic acid groups (broad SMARTS) is 1. The van der Waals surface area contributed by atoms with Crippen LogP contribution in [-0.2, 0) is 13.0 Å². The molecule has 0 radical (unpaired) electrons. The normalized spacial score (nSPS) is 10.4. The second kappa shape index (κ2) is 6.28. The van der Waals surface area contributed by atoms with Crippen LogP contribution in [0.2, 0.25) is 0 Å². The third-order valence-electron chi connectivity index (χ3n) is 2.50. The van der Waals surface area contributed by atoms with Gasteiger partial charge in [0.05, 0.1) is 5.69 Å². The molecule has 0 spiro atoms. The lowest BCUT2D eigenvalue weighted by Crippen LogP contribution is -2.18. The Labute approximate surface area is 109 Å². The second-order valence-electron chi connectivity index (χ2n) is 3.88. The molecule has 0 aliphatic rings. The van der Waals surface area contributed by atoms with E-state index in [0.29, 0.717) is 6.54 Å². The van der Waals surface area contributed by atoms with Crippen molar-refractivity contribution in [3.05, 3.63) is 52.0 Å². The molecule has 0 atom stereocenters. The van der Waals surface area contributed by atoms with Crippen molar-refractivity contribution in [1.82, 2.24) is 10.3 Å². The Balaban J connectivity index is 1.79. The van der Waals surface area contributed by atoms with Gasteiger partial charge in [-0.15, -0.1) is 0 Å². The van der Waals surface area contributed by atoms with E-state index in [1.807, 2.05) is 6.07 Å². The van der Waals surface area contributed by atoms with E-state index in [-0.39, 0.29) is 5.69 Å². The minimum absolute atomic E-state index is 0.0899. The SMILES string of the molecule is O=C(O)c1cccc(CNCCc2ccsc2)n1. The van der Waals surface area contributed by atoms with Crippen LogP contribution >= 0.6 is 11.3 Å². The van der Waals surface area contributed by atoms with Gasteiger partial charge in [0.1, 0.15) is 5.69 Å². The molecule has 0 unspecified atom stereocenters. The van der Waals surface area contributed by atoms with Crippen molar-refractivity contribution in [1.29, 1.82) is 0 Å². The van der Waals surface area contributed by atoms with Crippen molar-refractivity contribution < 1.29 is 9.90 Å². The molecular weight excluding hydrogens is 248 g/mol. The summed E-state index contributed by atoms with van der Waals surface area (Å²) in [5, 5.41) is 16.3. The predicted molar refractivity (Wildman–Crippen MR) is 70.9 cm³/mol. The highest BCUT2D eigenvalue weighted by Gasteiger charge is 2.04. The molecule has 0 aromatic carbocycles. The first kappa shape index (κ1) is 12.7. The van der Waals surface area contributed by atoms with E-state index in [9.17, 15) is 4.79 Å². The van der Waals surface area contributed by atoms with Crippen LogP contribution in [0.4, 0.5) is 0 Å². The number of aromatic nitrogens is 1. The zero-order valence-electron chi connectivity index (χ0n) is 9.80. The maximum absolute atomic E-state index is 10.8. The number of hydrogen-bond acceptors (Lipinski definition) is 4. The van der Waals surface area contributed by atoms with E-state index in [1.54, 1.807) is 17.4 Å². The number of aromatic carboxylic acids is 1. The summed E-state index contributed by atoms with van der Waals surface area (Å²) in [5.41, 5.74) is 2.16. The van der Waals surface area contributed by atoms with Crippen LogP contribution in [0.15, 0.2) is 35.0 Å². The molecule has 94 valence electrons. The fourth-order valence-electron chi connectivity index (χ4n) is 1.58. The molecule has 18 heavy (non-hydrogen) atoms. The quantitative estimate of drug-likeness (QED) is 0.783. The highest BCUT2D eigenvalue weighted by Crippen LogP contribution is 2.06. The Morgan fingerprint density at radius 2 is 2.28 bits per heavy atom. The molecule has 2 rings (SSSR count). The Morgan fingerprint density at radius 1 is 1.39 bits per heavy atom. The van der Waals surface area contributed by atoms with Crippen molar-refractivity contribution in [3.63, 3.8) is 0 Å². The maximum Gasteiger partial charge on any atom is 0.354 e. The number of nitrogens with one attached hydrogen (secondary N) is 1. The van der Waals surface area contributed by atoms with Crippen LogP contribution in [0.5, 0.6) is 0 Å². The standard InChI is InChI=1S/C13H14N2O2S/c16-13(17)12-3-1-2-11(15-12)8-14-6-4-10-5-7-18-9-10/h1-3,5,7,9,14H,4,6,8H2,(H,16,17). The summed E-state index contributed by atoms with van der Waals surface area (Å²) < 4.78 is 0. The van der Waals surface area contributed by atoms with E-state index >= 15 is 0 Å². The van der Waals surface area contributed by atoms with Crippen LogP contribution in [0.25, 0.3) is 0 Å². The lowest BCUT2D eigenvalue weighted by molar-refractivity contribution is 0.0690. The van der Waals surface area contributed by atoms with Crippen molar-refractivity contribution in [2.45, 2.75) is 13.0 Å². The minimum Gasteiger partial charge on any atom is -0.477 e. The summed E-state index contributed by atoms with van der Waals surface area (Å²) in [5.74, 6) is -0.991. The van der Waals surface area contributed by atoms with Crippen molar-refractivity contribution in [2.75, 3.05) is 6.54 Å². The molecule has 2 aromatic rings. The number of carboxylic acids is 1. The number of nitrogens with zero attached hydrogens (tertiary/aromatic N) is 1. The summed E-state index contributed by atoms with van der Waals surface area (Å²) in [6.07, 6.45) is 0.974. The molecule has 2 N–H and O–H groups in total.